The van der Waals surface area contributed by atoms with E-state index in [1.54, 1.807) is 0 Å². The van der Waals surface area contributed by atoms with Gasteiger partial charge in [0.25, 0.3) is 0 Å². The van der Waals surface area contributed by atoms with E-state index in [9.17, 15) is 8.42 Å². The lowest BCUT2D eigenvalue weighted by Crippen LogP contribution is -2.45. The van der Waals surface area contributed by atoms with Crippen molar-refractivity contribution in [1.29, 1.82) is 0 Å². The summed E-state index contributed by atoms with van der Waals surface area (Å²) in [5.74, 6) is 0. The number of halogens is 1. The predicted molar refractivity (Wildman–Crippen MR) is 82.9 cm³/mol. The summed E-state index contributed by atoms with van der Waals surface area (Å²) in [7, 11) is -3.65. The van der Waals surface area contributed by atoms with Gasteiger partial charge in [-0.1, -0.05) is 11.6 Å². The van der Waals surface area contributed by atoms with Crippen LogP contribution in [0.4, 0.5) is 5.69 Å². The summed E-state index contributed by atoms with van der Waals surface area (Å²) in [5.41, 5.74) is 6.01. The maximum Gasteiger partial charge on any atom is 0.242 e. The number of nitrogens with two attached hydrogens (primary N) is 1. The molecule has 1 aromatic carbocycles. The Hall–Kier alpha value is -0.860. The third kappa shape index (κ3) is 4.55. The number of rotatable bonds is 5. The number of nitrogens with zero attached hydrogens (tertiary/aromatic N) is 1. The molecular weight excluding hydrogens is 314 g/mol. The molecule has 1 aliphatic rings. The minimum atomic E-state index is -3.65. The molecule has 118 valence electrons. The van der Waals surface area contributed by atoms with Crippen molar-refractivity contribution in [2.75, 3.05) is 38.6 Å². The average molecular weight is 334 g/mol. The number of ether oxygens (including phenoxy) is 1. The van der Waals surface area contributed by atoms with E-state index in [4.69, 9.17) is 22.1 Å². The molecule has 1 fully saturated rings. The second-order valence-electron chi connectivity index (χ2n) is 5.13. The van der Waals surface area contributed by atoms with Crippen LogP contribution < -0.4 is 10.5 Å². The number of nitrogens with one attached hydrogen (secondary N) is 1. The Bertz CT molecular complexity index is 588. The van der Waals surface area contributed by atoms with Crippen LogP contribution >= 0.6 is 11.6 Å². The quantitative estimate of drug-likeness (QED) is 0.783. The topological polar surface area (TPSA) is 84.7 Å². The minimum Gasteiger partial charge on any atom is -0.399 e. The van der Waals surface area contributed by atoms with E-state index in [-0.39, 0.29) is 16.0 Å². The van der Waals surface area contributed by atoms with Gasteiger partial charge in [0.1, 0.15) is 4.90 Å². The summed E-state index contributed by atoms with van der Waals surface area (Å²) in [6.07, 6.45) is 0. The van der Waals surface area contributed by atoms with Gasteiger partial charge in [-0.25, -0.2) is 13.1 Å². The number of sulfonamides is 1. The summed E-state index contributed by atoms with van der Waals surface area (Å²) in [6, 6.07) is 4.15. The molecule has 2 rings (SSSR count). The van der Waals surface area contributed by atoms with Crippen molar-refractivity contribution in [3.63, 3.8) is 0 Å². The first kappa shape index (κ1) is 16.5. The first-order chi connectivity index (χ1) is 9.88. The van der Waals surface area contributed by atoms with Crippen LogP contribution in [-0.2, 0) is 14.8 Å². The van der Waals surface area contributed by atoms with Crippen LogP contribution in [0, 0.1) is 0 Å². The maximum atomic E-state index is 12.3. The number of hydrogen-bond donors (Lipinski definition) is 2. The number of nitrogen functional groups attached to an aromatic ring is 1. The molecular formula is C13H20ClN3O3S. The monoisotopic (exact) mass is 333 g/mol. The standard InChI is InChI=1S/C13H20ClN3O3S/c1-10(9-17-4-6-20-7-5-17)16-21(18,19)13-3-2-11(15)8-12(13)14/h2-3,8,10,16H,4-7,9,15H2,1H3. The number of hydrogen-bond acceptors (Lipinski definition) is 5. The van der Waals surface area contributed by atoms with Crippen LogP contribution in [0.2, 0.25) is 5.02 Å². The van der Waals surface area contributed by atoms with E-state index in [0.29, 0.717) is 25.4 Å². The van der Waals surface area contributed by atoms with Crippen molar-refractivity contribution in [2.24, 2.45) is 0 Å². The van der Waals surface area contributed by atoms with E-state index in [2.05, 4.69) is 9.62 Å². The van der Waals surface area contributed by atoms with Gasteiger partial charge in [-0.3, -0.25) is 4.90 Å². The van der Waals surface area contributed by atoms with Crippen LogP contribution in [0.25, 0.3) is 0 Å². The van der Waals surface area contributed by atoms with Crippen LogP contribution in [0.15, 0.2) is 23.1 Å². The normalized spacial score (nSPS) is 18.6. The maximum absolute atomic E-state index is 12.3. The zero-order valence-corrected chi connectivity index (χ0v) is 13.5. The molecule has 0 bridgehead atoms. The zero-order chi connectivity index (χ0) is 15.5. The highest BCUT2D eigenvalue weighted by molar-refractivity contribution is 7.89. The van der Waals surface area contributed by atoms with Gasteiger partial charge in [0, 0.05) is 31.4 Å². The highest BCUT2D eigenvalue weighted by Crippen LogP contribution is 2.23. The molecule has 0 aromatic heterocycles. The van der Waals surface area contributed by atoms with Gasteiger partial charge in [-0.05, 0) is 25.1 Å². The summed E-state index contributed by atoms with van der Waals surface area (Å²) >= 11 is 5.96. The Balaban J connectivity index is 2.02. The van der Waals surface area contributed by atoms with Gasteiger partial charge in [0.05, 0.1) is 18.2 Å². The third-order valence-electron chi connectivity index (χ3n) is 3.24. The smallest absolute Gasteiger partial charge is 0.242 e. The fourth-order valence-electron chi connectivity index (χ4n) is 2.27. The molecule has 0 radical (unpaired) electrons. The Labute approximate surface area is 130 Å². The second-order valence-corrected chi connectivity index (χ2v) is 7.21. The molecule has 1 unspecified atom stereocenters. The number of morpholine rings is 1. The molecule has 0 saturated carbocycles. The van der Waals surface area contributed by atoms with Crippen LogP contribution in [0.5, 0.6) is 0 Å². The zero-order valence-electron chi connectivity index (χ0n) is 11.9. The van der Waals surface area contributed by atoms with Crippen molar-refractivity contribution in [3.8, 4) is 0 Å². The molecule has 1 heterocycles. The molecule has 1 atom stereocenters. The van der Waals surface area contributed by atoms with E-state index >= 15 is 0 Å². The molecule has 3 N–H and O–H groups in total. The van der Waals surface area contributed by atoms with E-state index in [0.717, 1.165) is 13.1 Å². The lowest BCUT2D eigenvalue weighted by Gasteiger charge is -2.29. The van der Waals surface area contributed by atoms with Gasteiger partial charge in [0.15, 0.2) is 0 Å². The van der Waals surface area contributed by atoms with Crippen LogP contribution in [0.1, 0.15) is 6.92 Å². The van der Waals surface area contributed by atoms with Gasteiger partial charge in [-0.2, -0.15) is 0 Å². The summed E-state index contributed by atoms with van der Waals surface area (Å²) in [4.78, 5) is 2.22. The van der Waals surface area contributed by atoms with Gasteiger partial charge in [-0.15, -0.1) is 0 Å². The van der Waals surface area contributed by atoms with Crippen molar-refractivity contribution >= 4 is 27.3 Å². The molecule has 1 saturated heterocycles. The molecule has 21 heavy (non-hydrogen) atoms. The molecule has 6 nitrogen and oxygen atoms in total. The average Bonchev–Trinajstić information content (AvgIpc) is 2.38. The minimum absolute atomic E-state index is 0.0483. The van der Waals surface area contributed by atoms with Gasteiger partial charge < -0.3 is 10.5 Å². The number of anilines is 1. The second kappa shape index (κ2) is 6.93. The molecule has 8 heteroatoms. The van der Waals surface area contributed by atoms with E-state index < -0.39 is 10.0 Å². The third-order valence-corrected chi connectivity index (χ3v) is 5.31. The predicted octanol–water partition coefficient (Wildman–Crippen LogP) is 0.921. The Morgan fingerprint density at radius 1 is 1.43 bits per heavy atom. The molecule has 0 spiro atoms. The van der Waals surface area contributed by atoms with Crippen molar-refractivity contribution in [1.82, 2.24) is 9.62 Å². The van der Waals surface area contributed by atoms with E-state index in [1.165, 1.54) is 18.2 Å². The van der Waals surface area contributed by atoms with Crippen molar-refractivity contribution in [2.45, 2.75) is 17.9 Å². The summed E-state index contributed by atoms with van der Waals surface area (Å²) in [5, 5.41) is 0.126. The first-order valence-corrected chi connectivity index (χ1v) is 8.62. The Morgan fingerprint density at radius 2 is 2.10 bits per heavy atom. The Morgan fingerprint density at radius 3 is 2.71 bits per heavy atom. The van der Waals surface area contributed by atoms with Crippen LogP contribution in [-0.4, -0.2) is 52.2 Å². The summed E-state index contributed by atoms with van der Waals surface area (Å²) < 4.78 is 32.6. The first-order valence-electron chi connectivity index (χ1n) is 6.76. The van der Waals surface area contributed by atoms with E-state index in [1.807, 2.05) is 6.92 Å². The highest BCUT2D eigenvalue weighted by Gasteiger charge is 2.22. The molecule has 1 aromatic rings. The largest absolute Gasteiger partial charge is 0.399 e. The lowest BCUT2D eigenvalue weighted by molar-refractivity contribution is 0.0354. The van der Waals surface area contributed by atoms with Crippen LogP contribution in [0.3, 0.4) is 0 Å². The fraction of sp³-hybridized carbons (Fsp3) is 0.538. The fourth-order valence-corrected chi connectivity index (χ4v) is 4.06. The highest BCUT2D eigenvalue weighted by atomic mass is 35.5. The SMILES string of the molecule is CC(CN1CCOCC1)NS(=O)(=O)c1ccc(N)cc1Cl. The molecule has 1 aliphatic heterocycles. The Kier molecular flexibility index (Phi) is 5.45. The lowest BCUT2D eigenvalue weighted by atomic mass is 10.3. The summed E-state index contributed by atoms with van der Waals surface area (Å²) in [6.45, 7) is 5.46. The van der Waals surface area contributed by atoms with Gasteiger partial charge in [0.2, 0.25) is 10.0 Å². The van der Waals surface area contributed by atoms with Crippen molar-refractivity contribution in [3.05, 3.63) is 23.2 Å². The van der Waals surface area contributed by atoms with Crippen molar-refractivity contribution < 1.29 is 13.2 Å². The van der Waals surface area contributed by atoms with Gasteiger partial charge >= 0.3 is 0 Å². The molecule has 0 aliphatic carbocycles. The number of benzene rings is 1. The molecule has 0 amide bonds.